The third-order valence-corrected chi connectivity index (χ3v) is 2.65. The minimum absolute atomic E-state index is 0. The fourth-order valence-electron chi connectivity index (χ4n) is 1.54. The van der Waals surface area contributed by atoms with Gasteiger partial charge in [-0.2, -0.15) is 0 Å². The van der Waals surface area contributed by atoms with E-state index in [2.05, 4.69) is 9.97 Å². The zero-order chi connectivity index (χ0) is 15.7. The minimum atomic E-state index is -1.29. The summed E-state index contributed by atoms with van der Waals surface area (Å²) in [5.41, 5.74) is 12.3. The number of aliphatic carboxylic acids is 1. The number of aromatic amines is 1. The molecule has 1 aromatic carbocycles. The van der Waals surface area contributed by atoms with Crippen molar-refractivity contribution in [3.8, 4) is 5.75 Å². The number of carboxylic acids is 1. The number of benzene rings is 1. The van der Waals surface area contributed by atoms with Crippen molar-refractivity contribution in [2.45, 2.75) is 18.9 Å². The van der Waals surface area contributed by atoms with E-state index >= 15 is 0 Å². The zero-order valence-corrected chi connectivity index (χ0v) is 12.9. The van der Waals surface area contributed by atoms with Crippen molar-refractivity contribution in [3.05, 3.63) is 48.0 Å². The van der Waals surface area contributed by atoms with Crippen LogP contribution >= 0.6 is 0 Å². The molecule has 0 saturated carbocycles. The summed E-state index contributed by atoms with van der Waals surface area (Å²) in [4.78, 5) is 17.0. The summed E-state index contributed by atoms with van der Waals surface area (Å²) in [5.74, 6) is -1.39. The van der Waals surface area contributed by atoms with Crippen LogP contribution in [0.4, 0.5) is 0 Å². The van der Waals surface area contributed by atoms with Gasteiger partial charge in [0.15, 0.2) is 0 Å². The molecule has 2 aromatic rings. The summed E-state index contributed by atoms with van der Waals surface area (Å²) < 4.78 is 0. The van der Waals surface area contributed by atoms with Gasteiger partial charge in [0.25, 0.3) is 0 Å². The first-order valence-corrected chi connectivity index (χ1v) is 6.42. The van der Waals surface area contributed by atoms with Gasteiger partial charge < -0.3 is 31.5 Å². The second-order valence-corrected chi connectivity index (χ2v) is 4.39. The molecule has 8 heteroatoms. The van der Waals surface area contributed by atoms with Crippen LogP contribution in [0.3, 0.4) is 0 Å². The number of carbonyl (C=O) groups excluding carboxylic acids is 1. The first-order valence-electron chi connectivity index (χ1n) is 6.42. The van der Waals surface area contributed by atoms with E-state index in [1.807, 2.05) is 0 Å². The van der Waals surface area contributed by atoms with Gasteiger partial charge >= 0.3 is 16.8 Å². The number of H-pyrrole nitrogens is 1. The molecule has 1 unspecified atom stereocenters. The summed E-state index contributed by atoms with van der Waals surface area (Å²) in [6, 6.07) is 4.85. The number of nitrogens with zero attached hydrogens (tertiary/aromatic N) is 1. The van der Waals surface area contributed by atoms with E-state index in [4.69, 9.17) is 11.5 Å². The van der Waals surface area contributed by atoms with Crippen molar-refractivity contribution < 1.29 is 31.8 Å². The van der Waals surface area contributed by atoms with Crippen LogP contribution in [0, 0.1) is 0 Å². The second-order valence-electron chi connectivity index (χ2n) is 4.39. The number of rotatable bonds is 5. The average Bonchev–Trinajstić information content (AvgIpc) is 2.95. The monoisotopic (exact) mass is 349 g/mol. The Morgan fingerprint density at radius 3 is 2.41 bits per heavy atom. The van der Waals surface area contributed by atoms with Gasteiger partial charge in [-0.25, -0.2) is 4.98 Å². The van der Waals surface area contributed by atoms with Crippen LogP contribution in [0.1, 0.15) is 11.3 Å². The Morgan fingerprint density at radius 1 is 1.32 bits per heavy atom. The van der Waals surface area contributed by atoms with Gasteiger partial charge in [0.2, 0.25) is 0 Å². The SMILES string of the molecule is NC(Cc1ccc([O-])cc1)C(=O)[O-].NCCc1cnc[nH]1.[Co+2]. The molecule has 0 saturated heterocycles. The molecule has 5 N–H and O–H groups in total. The Hall–Kier alpha value is -1.87. The first kappa shape index (κ1) is 20.1. The summed E-state index contributed by atoms with van der Waals surface area (Å²) in [6.07, 6.45) is 4.51. The van der Waals surface area contributed by atoms with Gasteiger partial charge in [0.1, 0.15) is 0 Å². The Kier molecular flexibility index (Phi) is 9.88. The van der Waals surface area contributed by atoms with Gasteiger partial charge in [-0.1, -0.05) is 24.3 Å². The molecule has 0 amide bonds. The first-order chi connectivity index (χ1) is 10.0. The van der Waals surface area contributed by atoms with Gasteiger partial charge in [0.05, 0.1) is 12.3 Å². The van der Waals surface area contributed by atoms with Gasteiger partial charge in [-0.15, -0.1) is 5.75 Å². The molecule has 0 bridgehead atoms. The largest absolute Gasteiger partial charge is 2.00 e. The summed E-state index contributed by atoms with van der Waals surface area (Å²) in [5, 5.41) is 21.0. The molecule has 7 nitrogen and oxygen atoms in total. The van der Waals surface area contributed by atoms with E-state index in [9.17, 15) is 15.0 Å². The number of carboxylic acid groups (broad SMARTS) is 1. The molecular weight excluding hydrogens is 331 g/mol. The van der Waals surface area contributed by atoms with Crippen molar-refractivity contribution in [1.82, 2.24) is 9.97 Å². The molecule has 1 heterocycles. The average molecular weight is 349 g/mol. The number of imidazole rings is 1. The number of hydrogen-bond donors (Lipinski definition) is 3. The molecular formula is C14H18CoN4O3. The molecule has 0 aliphatic rings. The van der Waals surface area contributed by atoms with Crippen LogP contribution in [0.25, 0.3) is 0 Å². The van der Waals surface area contributed by atoms with Crippen molar-refractivity contribution in [2.24, 2.45) is 11.5 Å². The number of nitrogens with two attached hydrogens (primary N) is 2. The fourth-order valence-corrected chi connectivity index (χ4v) is 1.54. The number of aromatic nitrogens is 2. The van der Waals surface area contributed by atoms with Crippen LogP contribution in [0.15, 0.2) is 36.8 Å². The van der Waals surface area contributed by atoms with Gasteiger partial charge in [-0.05, 0) is 18.5 Å². The van der Waals surface area contributed by atoms with E-state index < -0.39 is 12.0 Å². The Morgan fingerprint density at radius 2 is 1.95 bits per heavy atom. The van der Waals surface area contributed by atoms with E-state index in [0.717, 1.165) is 17.7 Å². The van der Waals surface area contributed by atoms with Gasteiger partial charge in [0, 0.05) is 24.4 Å². The van der Waals surface area contributed by atoms with Crippen molar-refractivity contribution in [3.63, 3.8) is 0 Å². The molecule has 0 aliphatic carbocycles. The Labute approximate surface area is 138 Å². The zero-order valence-electron chi connectivity index (χ0n) is 11.8. The standard InChI is InChI=1S/C9H11NO3.C5H9N3.Co/c10-8(9(12)13)5-6-1-3-7(11)4-2-6;6-2-1-5-3-7-4-8-5;/h1-4,8,11H,5,10H2,(H,12,13);3-4H,1-2,6H2,(H,7,8);/q;;+2/p-2. The number of nitrogens with one attached hydrogen (secondary N) is 1. The summed E-state index contributed by atoms with van der Waals surface area (Å²) in [6.45, 7) is 0.683. The van der Waals surface area contributed by atoms with Crippen molar-refractivity contribution in [2.75, 3.05) is 6.54 Å². The molecule has 1 atom stereocenters. The molecule has 22 heavy (non-hydrogen) atoms. The fraction of sp³-hybridized carbons (Fsp3) is 0.286. The maximum Gasteiger partial charge on any atom is 2.00 e. The molecule has 1 aromatic heterocycles. The van der Waals surface area contributed by atoms with Crippen LogP contribution < -0.4 is 21.7 Å². The number of hydrogen-bond acceptors (Lipinski definition) is 6. The second kappa shape index (κ2) is 10.8. The Bertz CT molecular complexity index is 532. The quantitative estimate of drug-likeness (QED) is 0.586. The van der Waals surface area contributed by atoms with Crippen LogP contribution in [-0.4, -0.2) is 28.5 Å². The van der Waals surface area contributed by atoms with Crippen LogP contribution in [0.2, 0.25) is 0 Å². The molecule has 2 rings (SSSR count). The van der Waals surface area contributed by atoms with E-state index in [1.54, 1.807) is 24.7 Å². The molecule has 0 spiro atoms. The molecule has 121 valence electrons. The van der Waals surface area contributed by atoms with Crippen LogP contribution in [0.5, 0.6) is 5.75 Å². The minimum Gasteiger partial charge on any atom is -0.872 e. The third-order valence-electron chi connectivity index (χ3n) is 2.65. The smallest absolute Gasteiger partial charge is 0.872 e. The predicted octanol–water partition coefficient (Wildman–Crippen LogP) is -1.71. The van der Waals surface area contributed by atoms with Crippen molar-refractivity contribution in [1.29, 1.82) is 0 Å². The maximum atomic E-state index is 10.7. The maximum absolute atomic E-state index is 10.7. The van der Waals surface area contributed by atoms with Gasteiger partial charge in [-0.3, -0.25) is 0 Å². The van der Waals surface area contributed by atoms with E-state index in [-0.39, 0.29) is 28.9 Å². The van der Waals surface area contributed by atoms with E-state index in [0.29, 0.717) is 6.54 Å². The third kappa shape index (κ3) is 7.79. The topological polar surface area (TPSA) is 144 Å². The molecule has 1 radical (unpaired) electrons. The van der Waals surface area contributed by atoms with Crippen LogP contribution in [-0.2, 0) is 34.4 Å². The summed E-state index contributed by atoms with van der Waals surface area (Å²) >= 11 is 0. The predicted molar refractivity (Wildman–Crippen MR) is 73.9 cm³/mol. The summed E-state index contributed by atoms with van der Waals surface area (Å²) in [7, 11) is 0. The van der Waals surface area contributed by atoms with Crippen molar-refractivity contribution >= 4 is 5.97 Å². The molecule has 0 fully saturated rings. The normalized spacial score (nSPS) is 10.8. The van der Waals surface area contributed by atoms with E-state index in [1.165, 1.54) is 12.1 Å². The molecule has 0 aliphatic heterocycles. The number of carbonyl (C=O) groups is 1. The Balaban J connectivity index is 0.000000423.